The molecular weight excluding hydrogens is 330 g/mol. The molecule has 0 aromatic heterocycles. The van der Waals surface area contributed by atoms with Crippen LogP contribution in [0.25, 0.3) is 0 Å². The molecule has 0 fully saturated rings. The van der Waals surface area contributed by atoms with Gasteiger partial charge >= 0.3 is 0 Å². The molecule has 0 saturated carbocycles. The first-order chi connectivity index (χ1) is 12.2. The molecule has 0 unspecified atom stereocenters. The van der Waals surface area contributed by atoms with Gasteiger partial charge in [-0.1, -0.05) is 78.3 Å². The van der Waals surface area contributed by atoms with Crippen molar-refractivity contribution < 1.29 is 4.74 Å². The highest BCUT2D eigenvalue weighted by molar-refractivity contribution is 6.31. The summed E-state index contributed by atoms with van der Waals surface area (Å²) in [6.45, 7) is 3.38. The van der Waals surface area contributed by atoms with Crippen LogP contribution in [0.3, 0.4) is 0 Å². The molecule has 25 heavy (non-hydrogen) atoms. The Morgan fingerprint density at radius 2 is 1.48 bits per heavy atom. The number of ether oxygens (including phenoxy) is 1. The van der Waals surface area contributed by atoms with Gasteiger partial charge in [-0.25, -0.2) is 0 Å². The van der Waals surface area contributed by atoms with Gasteiger partial charge in [-0.2, -0.15) is 0 Å². The maximum Gasteiger partial charge on any atom is 0.124 e. The number of halogens is 1. The number of hydrogen-bond acceptors (Lipinski definition) is 2. The first-order valence-corrected chi connectivity index (χ1v) is 8.84. The minimum Gasteiger partial charge on any atom is -0.489 e. The zero-order chi connectivity index (χ0) is 17.5. The van der Waals surface area contributed by atoms with Crippen molar-refractivity contribution >= 4 is 11.6 Å². The summed E-state index contributed by atoms with van der Waals surface area (Å²) in [5.74, 6) is 0.884. The maximum absolute atomic E-state index is 6.21. The van der Waals surface area contributed by atoms with E-state index in [9.17, 15) is 0 Å². The zero-order valence-electron chi connectivity index (χ0n) is 14.3. The molecule has 0 spiro atoms. The van der Waals surface area contributed by atoms with Gasteiger partial charge in [0.1, 0.15) is 12.4 Å². The number of rotatable bonds is 7. The van der Waals surface area contributed by atoms with E-state index in [1.807, 2.05) is 48.5 Å². The largest absolute Gasteiger partial charge is 0.489 e. The molecule has 0 heterocycles. The van der Waals surface area contributed by atoms with Crippen LogP contribution >= 0.6 is 11.6 Å². The minimum absolute atomic E-state index is 0.276. The normalized spacial score (nSPS) is 11.9. The zero-order valence-corrected chi connectivity index (χ0v) is 15.0. The van der Waals surface area contributed by atoms with Crippen LogP contribution in [0.4, 0.5) is 0 Å². The number of benzene rings is 3. The molecule has 3 aromatic rings. The van der Waals surface area contributed by atoms with Gasteiger partial charge in [-0.3, -0.25) is 0 Å². The van der Waals surface area contributed by atoms with Crippen LogP contribution < -0.4 is 10.1 Å². The quantitative estimate of drug-likeness (QED) is 0.583. The molecular formula is C22H22ClNO. The lowest BCUT2D eigenvalue weighted by molar-refractivity contribution is 0.302. The maximum atomic E-state index is 6.21. The number of nitrogens with one attached hydrogen (secondary N) is 1. The van der Waals surface area contributed by atoms with Gasteiger partial charge in [0.2, 0.25) is 0 Å². The van der Waals surface area contributed by atoms with Crippen molar-refractivity contribution in [3.05, 3.63) is 101 Å². The fraction of sp³-hybridized carbons (Fsp3) is 0.182. The Labute approximate surface area is 154 Å². The van der Waals surface area contributed by atoms with Gasteiger partial charge in [0.25, 0.3) is 0 Å². The van der Waals surface area contributed by atoms with E-state index in [1.165, 1.54) is 5.56 Å². The number of hydrogen-bond donors (Lipinski definition) is 1. The first-order valence-electron chi connectivity index (χ1n) is 8.46. The Morgan fingerprint density at radius 1 is 0.840 bits per heavy atom. The molecule has 0 bridgehead atoms. The van der Waals surface area contributed by atoms with Crippen LogP contribution in [-0.4, -0.2) is 0 Å². The Morgan fingerprint density at radius 3 is 2.24 bits per heavy atom. The second-order valence-corrected chi connectivity index (χ2v) is 6.41. The van der Waals surface area contributed by atoms with E-state index in [0.717, 1.165) is 28.4 Å². The molecule has 3 heteroatoms. The van der Waals surface area contributed by atoms with Crippen LogP contribution in [0.2, 0.25) is 5.02 Å². The van der Waals surface area contributed by atoms with Crippen molar-refractivity contribution in [1.82, 2.24) is 5.32 Å². The first kappa shape index (κ1) is 17.5. The van der Waals surface area contributed by atoms with Crippen molar-refractivity contribution in [3.63, 3.8) is 0 Å². The third-order valence-electron chi connectivity index (χ3n) is 4.21. The lowest BCUT2D eigenvalue weighted by atomic mass is 10.1. The van der Waals surface area contributed by atoms with Crippen molar-refractivity contribution in [3.8, 4) is 5.75 Å². The fourth-order valence-electron chi connectivity index (χ4n) is 2.68. The predicted molar refractivity (Wildman–Crippen MR) is 104 cm³/mol. The highest BCUT2D eigenvalue weighted by Gasteiger charge is 2.08. The van der Waals surface area contributed by atoms with E-state index in [-0.39, 0.29) is 6.04 Å². The summed E-state index contributed by atoms with van der Waals surface area (Å²) in [6, 6.07) is 26.6. The molecule has 0 aliphatic carbocycles. The van der Waals surface area contributed by atoms with Gasteiger partial charge in [0.05, 0.1) is 0 Å². The Hall–Kier alpha value is -2.29. The summed E-state index contributed by atoms with van der Waals surface area (Å²) in [6.07, 6.45) is 0. The monoisotopic (exact) mass is 351 g/mol. The predicted octanol–water partition coefficient (Wildman–Crippen LogP) is 5.77. The number of para-hydroxylation sites is 1. The molecule has 1 atom stereocenters. The Balaban J connectivity index is 1.64. The molecule has 128 valence electrons. The fourth-order valence-corrected chi connectivity index (χ4v) is 2.87. The van der Waals surface area contributed by atoms with Crippen LogP contribution in [0, 0.1) is 0 Å². The van der Waals surface area contributed by atoms with E-state index in [4.69, 9.17) is 16.3 Å². The smallest absolute Gasteiger partial charge is 0.124 e. The van der Waals surface area contributed by atoms with Crippen molar-refractivity contribution in [1.29, 1.82) is 0 Å². The molecule has 0 aliphatic rings. The lowest BCUT2D eigenvalue weighted by Gasteiger charge is -2.17. The Kier molecular flexibility index (Phi) is 6.10. The molecule has 0 radical (unpaired) electrons. The molecule has 1 N–H and O–H groups in total. The van der Waals surface area contributed by atoms with Crippen LogP contribution in [0.5, 0.6) is 5.75 Å². The van der Waals surface area contributed by atoms with Gasteiger partial charge < -0.3 is 10.1 Å². The van der Waals surface area contributed by atoms with Crippen LogP contribution in [0.15, 0.2) is 78.9 Å². The molecule has 0 saturated heterocycles. The summed E-state index contributed by atoms with van der Waals surface area (Å²) in [4.78, 5) is 0. The van der Waals surface area contributed by atoms with Crippen molar-refractivity contribution in [2.75, 3.05) is 0 Å². The van der Waals surface area contributed by atoms with Gasteiger partial charge in [0, 0.05) is 28.7 Å². The van der Waals surface area contributed by atoms with Crippen molar-refractivity contribution in [2.45, 2.75) is 26.1 Å². The highest BCUT2D eigenvalue weighted by Crippen LogP contribution is 2.23. The van der Waals surface area contributed by atoms with Crippen molar-refractivity contribution in [2.24, 2.45) is 0 Å². The van der Waals surface area contributed by atoms with Gasteiger partial charge in [-0.05, 0) is 24.6 Å². The molecule has 3 rings (SSSR count). The summed E-state index contributed by atoms with van der Waals surface area (Å²) in [5, 5.41) is 4.29. The molecule has 0 amide bonds. The van der Waals surface area contributed by atoms with E-state index in [2.05, 4.69) is 42.6 Å². The second-order valence-electron chi connectivity index (χ2n) is 6.00. The average Bonchev–Trinajstić information content (AvgIpc) is 2.67. The summed E-state index contributed by atoms with van der Waals surface area (Å²) >= 11 is 6.21. The Bertz CT molecular complexity index is 804. The van der Waals surface area contributed by atoms with E-state index < -0.39 is 0 Å². The summed E-state index contributed by atoms with van der Waals surface area (Å²) in [7, 11) is 0. The van der Waals surface area contributed by atoms with E-state index >= 15 is 0 Å². The molecule has 2 nitrogen and oxygen atoms in total. The standard InChI is InChI=1S/C22H22ClNO/c1-17(18-9-3-2-4-10-18)24-15-19-11-6-8-14-22(19)25-16-20-12-5-7-13-21(20)23/h2-14,17,24H,15-16H2,1H3/t17-/m0/s1. The summed E-state index contributed by atoms with van der Waals surface area (Å²) in [5.41, 5.74) is 3.40. The van der Waals surface area contributed by atoms with Crippen LogP contribution in [0.1, 0.15) is 29.7 Å². The third-order valence-corrected chi connectivity index (χ3v) is 4.58. The van der Waals surface area contributed by atoms with E-state index in [1.54, 1.807) is 0 Å². The van der Waals surface area contributed by atoms with E-state index in [0.29, 0.717) is 6.61 Å². The third kappa shape index (κ3) is 4.85. The second kappa shape index (κ2) is 8.70. The average molecular weight is 352 g/mol. The summed E-state index contributed by atoms with van der Waals surface area (Å²) < 4.78 is 6.02. The van der Waals surface area contributed by atoms with Crippen LogP contribution in [-0.2, 0) is 13.2 Å². The highest BCUT2D eigenvalue weighted by atomic mass is 35.5. The van der Waals surface area contributed by atoms with Gasteiger partial charge in [-0.15, -0.1) is 0 Å². The molecule has 3 aromatic carbocycles. The minimum atomic E-state index is 0.276. The van der Waals surface area contributed by atoms with Gasteiger partial charge in [0.15, 0.2) is 0 Å². The SMILES string of the molecule is C[C@H](NCc1ccccc1OCc1ccccc1Cl)c1ccccc1. The molecule has 0 aliphatic heterocycles. The topological polar surface area (TPSA) is 21.3 Å². The lowest BCUT2D eigenvalue weighted by Crippen LogP contribution is -2.18.